The quantitative estimate of drug-likeness (QED) is 0.515. The summed E-state index contributed by atoms with van der Waals surface area (Å²) in [6.45, 7) is 7.03. The lowest BCUT2D eigenvalue weighted by Gasteiger charge is -2.17. The van der Waals surface area contributed by atoms with Crippen molar-refractivity contribution in [3.63, 3.8) is 0 Å². The first-order chi connectivity index (χ1) is 5.38. The lowest BCUT2D eigenvalue weighted by Crippen LogP contribution is -2.21. The number of ether oxygens (including phenoxy) is 1. The van der Waals surface area contributed by atoms with Crippen molar-refractivity contribution in [3.05, 3.63) is 11.6 Å². The third kappa shape index (κ3) is 4.13. The first-order valence-electron chi connectivity index (χ1n) is 3.95. The van der Waals surface area contributed by atoms with Crippen molar-refractivity contribution >= 4 is 5.97 Å². The van der Waals surface area contributed by atoms with Crippen LogP contribution in [0.2, 0.25) is 0 Å². The third-order valence-electron chi connectivity index (χ3n) is 1.59. The number of rotatable bonds is 3. The van der Waals surface area contributed by atoms with E-state index in [4.69, 9.17) is 0 Å². The van der Waals surface area contributed by atoms with Gasteiger partial charge in [-0.2, -0.15) is 0 Å². The number of carbonyl (C=O) groups excluding carboxylic acids is 1. The molecule has 0 radical (unpaired) electrons. The van der Waals surface area contributed by atoms with Gasteiger partial charge in [-0.05, 0) is 33.3 Å². The van der Waals surface area contributed by atoms with Crippen molar-refractivity contribution in [2.75, 3.05) is 6.61 Å². The molecule has 0 aliphatic heterocycles. The van der Waals surface area contributed by atoms with Crippen LogP contribution in [0.1, 0.15) is 27.7 Å². The van der Waals surface area contributed by atoms with Crippen molar-refractivity contribution in [1.29, 1.82) is 0 Å². The zero-order valence-electron chi connectivity index (χ0n) is 8.05. The molecular formula is C9H16O3. The molecule has 0 atom stereocenters. The van der Waals surface area contributed by atoms with E-state index in [1.165, 1.54) is 6.08 Å². The van der Waals surface area contributed by atoms with Gasteiger partial charge >= 0.3 is 5.97 Å². The molecule has 0 aliphatic carbocycles. The van der Waals surface area contributed by atoms with E-state index in [-0.39, 0.29) is 0 Å². The largest absolute Gasteiger partial charge is 0.463 e. The second kappa shape index (κ2) is 4.26. The van der Waals surface area contributed by atoms with Crippen LogP contribution in [-0.2, 0) is 9.53 Å². The van der Waals surface area contributed by atoms with Gasteiger partial charge in [0.2, 0.25) is 0 Å². The standard InChI is InChI=1S/C9H16O3/c1-5-12-8(10)6-7(2)9(3,4)11/h6,11H,5H2,1-4H3/b7-6-. The van der Waals surface area contributed by atoms with Gasteiger partial charge in [0.15, 0.2) is 0 Å². The maximum Gasteiger partial charge on any atom is 0.330 e. The Morgan fingerprint density at radius 1 is 1.58 bits per heavy atom. The topological polar surface area (TPSA) is 46.5 Å². The highest BCUT2D eigenvalue weighted by Crippen LogP contribution is 2.13. The highest BCUT2D eigenvalue weighted by atomic mass is 16.5. The molecule has 0 aromatic rings. The molecule has 70 valence electrons. The van der Waals surface area contributed by atoms with E-state index < -0.39 is 11.6 Å². The van der Waals surface area contributed by atoms with Crippen molar-refractivity contribution in [3.8, 4) is 0 Å². The van der Waals surface area contributed by atoms with E-state index in [1.807, 2.05) is 0 Å². The van der Waals surface area contributed by atoms with Crippen molar-refractivity contribution in [1.82, 2.24) is 0 Å². The van der Waals surface area contributed by atoms with Gasteiger partial charge < -0.3 is 9.84 Å². The van der Waals surface area contributed by atoms with Gasteiger partial charge in [0, 0.05) is 6.08 Å². The normalized spacial score (nSPS) is 12.9. The summed E-state index contributed by atoms with van der Waals surface area (Å²) in [7, 11) is 0. The Morgan fingerprint density at radius 2 is 2.08 bits per heavy atom. The van der Waals surface area contributed by atoms with E-state index in [9.17, 15) is 9.90 Å². The summed E-state index contributed by atoms with van der Waals surface area (Å²) < 4.78 is 4.68. The summed E-state index contributed by atoms with van der Waals surface area (Å²) in [5.41, 5.74) is -0.354. The lowest BCUT2D eigenvalue weighted by molar-refractivity contribution is -0.137. The molecule has 0 bridgehead atoms. The van der Waals surface area contributed by atoms with Gasteiger partial charge in [0.05, 0.1) is 12.2 Å². The fourth-order valence-electron chi connectivity index (χ4n) is 0.537. The summed E-state index contributed by atoms with van der Waals surface area (Å²) in [5.74, 6) is -0.405. The zero-order valence-corrected chi connectivity index (χ0v) is 8.05. The summed E-state index contributed by atoms with van der Waals surface area (Å²) in [6.07, 6.45) is 1.31. The molecule has 0 saturated heterocycles. The molecule has 0 rings (SSSR count). The van der Waals surface area contributed by atoms with Crippen LogP contribution in [0.25, 0.3) is 0 Å². The Bertz CT molecular complexity index is 186. The van der Waals surface area contributed by atoms with Gasteiger partial charge in [0.25, 0.3) is 0 Å². The molecule has 0 aromatic heterocycles. The van der Waals surface area contributed by atoms with E-state index in [1.54, 1.807) is 27.7 Å². The first-order valence-corrected chi connectivity index (χ1v) is 3.95. The van der Waals surface area contributed by atoms with Crippen molar-refractivity contribution in [2.24, 2.45) is 0 Å². The van der Waals surface area contributed by atoms with E-state index in [2.05, 4.69) is 4.74 Å². The van der Waals surface area contributed by atoms with Crippen LogP contribution in [0, 0.1) is 0 Å². The minimum atomic E-state index is -0.952. The summed E-state index contributed by atoms with van der Waals surface area (Å²) in [6, 6.07) is 0. The lowest BCUT2D eigenvalue weighted by atomic mass is 10.00. The predicted molar refractivity (Wildman–Crippen MR) is 46.7 cm³/mol. The Hall–Kier alpha value is -0.830. The average molecular weight is 172 g/mol. The van der Waals surface area contributed by atoms with Crippen LogP contribution in [0.4, 0.5) is 0 Å². The summed E-state index contributed by atoms with van der Waals surface area (Å²) in [4.78, 5) is 10.9. The van der Waals surface area contributed by atoms with E-state index in [0.717, 1.165) is 0 Å². The SMILES string of the molecule is CCOC(=O)/C=C(/C)C(C)(C)O. The van der Waals surface area contributed by atoms with Gasteiger partial charge in [-0.25, -0.2) is 4.79 Å². The molecule has 3 heteroatoms. The Labute approximate surface area is 73.0 Å². The maximum absolute atomic E-state index is 10.9. The molecule has 0 amide bonds. The molecule has 0 aliphatic rings. The summed E-state index contributed by atoms with van der Waals surface area (Å²) >= 11 is 0. The average Bonchev–Trinajstić information content (AvgIpc) is 1.85. The molecule has 0 aromatic carbocycles. The predicted octanol–water partition coefficient (Wildman–Crippen LogP) is 1.27. The molecular weight excluding hydrogens is 156 g/mol. The maximum atomic E-state index is 10.9. The number of carbonyl (C=O) groups is 1. The highest BCUT2D eigenvalue weighted by Gasteiger charge is 2.15. The minimum Gasteiger partial charge on any atom is -0.463 e. The Balaban J connectivity index is 4.26. The van der Waals surface area contributed by atoms with E-state index >= 15 is 0 Å². The van der Waals surface area contributed by atoms with Crippen LogP contribution in [0.5, 0.6) is 0 Å². The van der Waals surface area contributed by atoms with Crippen LogP contribution in [0.3, 0.4) is 0 Å². The highest BCUT2D eigenvalue weighted by molar-refractivity contribution is 5.83. The van der Waals surface area contributed by atoms with Crippen molar-refractivity contribution < 1.29 is 14.6 Å². The molecule has 0 saturated carbocycles. The second-order valence-corrected chi connectivity index (χ2v) is 3.14. The van der Waals surface area contributed by atoms with Crippen LogP contribution >= 0.6 is 0 Å². The Morgan fingerprint density at radius 3 is 2.42 bits per heavy atom. The zero-order chi connectivity index (χ0) is 9.78. The second-order valence-electron chi connectivity index (χ2n) is 3.14. The molecule has 1 N–H and O–H groups in total. The third-order valence-corrected chi connectivity index (χ3v) is 1.59. The fraction of sp³-hybridized carbons (Fsp3) is 0.667. The number of aliphatic hydroxyl groups is 1. The van der Waals surface area contributed by atoms with Crippen molar-refractivity contribution in [2.45, 2.75) is 33.3 Å². The molecule has 0 fully saturated rings. The minimum absolute atomic E-state index is 0.356. The van der Waals surface area contributed by atoms with Crippen LogP contribution in [-0.4, -0.2) is 23.3 Å². The summed E-state index contributed by atoms with van der Waals surface area (Å²) in [5, 5.41) is 9.43. The molecule has 3 nitrogen and oxygen atoms in total. The van der Waals surface area contributed by atoms with Gasteiger partial charge in [-0.1, -0.05) is 0 Å². The van der Waals surface area contributed by atoms with Crippen LogP contribution in [0.15, 0.2) is 11.6 Å². The molecule has 0 unspecified atom stereocenters. The van der Waals surface area contributed by atoms with Gasteiger partial charge in [-0.3, -0.25) is 0 Å². The number of hydrogen-bond acceptors (Lipinski definition) is 3. The molecule has 0 spiro atoms. The number of hydrogen-bond donors (Lipinski definition) is 1. The Kier molecular flexibility index (Phi) is 3.96. The first kappa shape index (κ1) is 11.2. The van der Waals surface area contributed by atoms with Gasteiger partial charge in [-0.15, -0.1) is 0 Å². The smallest absolute Gasteiger partial charge is 0.330 e. The fourth-order valence-corrected chi connectivity index (χ4v) is 0.537. The van der Waals surface area contributed by atoms with Gasteiger partial charge in [0.1, 0.15) is 0 Å². The number of esters is 1. The molecule has 12 heavy (non-hydrogen) atoms. The van der Waals surface area contributed by atoms with Crippen LogP contribution < -0.4 is 0 Å². The molecule has 0 heterocycles. The van der Waals surface area contributed by atoms with E-state index in [0.29, 0.717) is 12.2 Å². The monoisotopic (exact) mass is 172 g/mol.